The average Bonchev–Trinajstić information content (AvgIpc) is 2.15. The van der Waals surface area contributed by atoms with Crippen LogP contribution in [0.1, 0.15) is 0 Å². The van der Waals surface area contributed by atoms with Gasteiger partial charge in [0, 0.05) is 6.07 Å². The van der Waals surface area contributed by atoms with Crippen LogP contribution in [-0.4, -0.2) is 38.1 Å². The first kappa shape index (κ1) is 17.1. The van der Waals surface area contributed by atoms with Gasteiger partial charge in [-0.05, 0) is 12.1 Å². The molecular weight excluding hydrogens is 240 g/mol. The smallest absolute Gasteiger partial charge is 0.298 e. The fourth-order valence-corrected chi connectivity index (χ4v) is 1.66. The van der Waals surface area contributed by atoms with Crippen molar-refractivity contribution in [1.29, 1.82) is 0 Å². The molecule has 1 aromatic carbocycles. The van der Waals surface area contributed by atoms with Crippen molar-refractivity contribution in [2.45, 2.75) is 4.90 Å². The molecule has 0 radical (unpaired) electrons. The third kappa shape index (κ3) is 3.66. The van der Waals surface area contributed by atoms with Crippen LogP contribution in [0.4, 0.5) is 0 Å². The molecule has 5 N–H and O–H groups in total. The van der Waals surface area contributed by atoms with E-state index in [1.807, 2.05) is 0 Å². The van der Waals surface area contributed by atoms with E-state index in [0.29, 0.717) is 5.75 Å². The summed E-state index contributed by atoms with van der Waals surface area (Å²) in [6.07, 6.45) is 0. The van der Waals surface area contributed by atoms with Gasteiger partial charge in [-0.15, -0.1) is 0 Å². The number of benzene rings is 1. The van der Waals surface area contributed by atoms with Gasteiger partial charge < -0.3 is 20.4 Å². The van der Waals surface area contributed by atoms with E-state index < -0.39 is 10.1 Å². The van der Waals surface area contributed by atoms with Crippen molar-refractivity contribution in [1.82, 2.24) is 0 Å². The van der Waals surface area contributed by atoms with E-state index in [-0.39, 0.29) is 21.6 Å². The number of rotatable bonds is 3. The van der Waals surface area contributed by atoms with Crippen LogP contribution in [0, 0.1) is 0 Å². The molecule has 0 aliphatic heterocycles. The second-order valence-corrected chi connectivity index (χ2v) is 3.88. The van der Waals surface area contributed by atoms with Crippen molar-refractivity contribution in [2.24, 2.45) is 0 Å². The van der Waals surface area contributed by atoms with Gasteiger partial charge >= 0.3 is 0 Å². The number of ether oxygens (including phenoxy) is 2. The maximum Gasteiger partial charge on any atom is 0.298 e. The van der Waals surface area contributed by atoms with Gasteiger partial charge in [-0.3, -0.25) is 4.55 Å². The zero-order valence-electron chi connectivity index (χ0n) is 8.72. The second kappa shape index (κ2) is 6.28. The zero-order valence-corrected chi connectivity index (χ0v) is 9.54. The van der Waals surface area contributed by atoms with E-state index in [0.717, 1.165) is 0 Å². The Hall–Kier alpha value is -1.35. The maximum atomic E-state index is 10.9. The van der Waals surface area contributed by atoms with E-state index in [9.17, 15) is 8.42 Å². The summed E-state index contributed by atoms with van der Waals surface area (Å²) >= 11 is 0. The molecular formula is C8H14O7S. The van der Waals surface area contributed by atoms with Crippen molar-refractivity contribution in [3.63, 3.8) is 0 Å². The molecule has 0 unspecified atom stereocenters. The molecule has 0 amide bonds. The Kier molecular flexibility index (Phi) is 6.70. The normalized spacial score (nSPS) is 9.69. The summed E-state index contributed by atoms with van der Waals surface area (Å²) in [6.45, 7) is 0. The highest BCUT2D eigenvalue weighted by molar-refractivity contribution is 7.86. The third-order valence-electron chi connectivity index (χ3n) is 1.65. The molecule has 0 atom stereocenters. The number of methoxy groups -OCH3 is 2. The molecule has 0 saturated heterocycles. The Bertz CT molecular complexity index is 426. The molecule has 0 spiro atoms. The SMILES string of the molecule is COc1ccc(OC)c(S(=O)(=O)O)c1.O.O. The minimum Gasteiger partial charge on any atom is -0.497 e. The zero-order chi connectivity index (χ0) is 10.8. The summed E-state index contributed by atoms with van der Waals surface area (Å²) in [5.74, 6) is 0.409. The topological polar surface area (TPSA) is 136 Å². The van der Waals surface area contributed by atoms with E-state index in [1.54, 1.807) is 0 Å². The molecule has 8 heteroatoms. The van der Waals surface area contributed by atoms with E-state index in [4.69, 9.17) is 14.0 Å². The average molecular weight is 254 g/mol. The van der Waals surface area contributed by atoms with Crippen LogP contribution < -0.4 is 9.47 Å². The van der Waals surface area contributed by atoms with Crippen molar-refractivity contribution in [2.75, 3.05) is 14.2 Å². The summed E-state index contributed by atoms with van der Waals surface area (Å²) in [5.41, 5.74) is 0. The second-order valence-electron chi connectivity index (χ2n) is 2.49. The summed E-state index contributed by atoms with van der Waals surface area (Å²) in [4.78, 5) is -0.306. The fraction of sp³-hybridized carbons (Fsp3) is 0.250. The Labute approximate surface area is 93.0 Å². The fourth-order valence-electron chi connectivity index (χ4n) is 0.986. The summed E-state index contributed by atoms with van der Waals surface area (Å²) in [6, 6.07) is 4.13. The van der Waals surface area contributed by atoms with Crippen LogP contribution >= 0.6 is 0 Å². The molecule has 0 fully saturated rings. The first-order chi connectivity index (χ1) is 6.49. The van der Waals surface area contributed by atoms with Crippen LogP contribution in [0.2, 0.25) is 0 Å². The van der Waals surface area contributed by atoms with Crippen LogP contribution in [-0.2, 0) is 10.1 Å². The molecule has 0 aliphatic carbocycles. The predicted octanol–water partition coefficient (Wildman–Crippen LogP) is -0.699. The molecule has 1 aromatic rings. The molecule has 16 heavy (non-hydrogen) atoms. The lowest BCUT2D eigenvalue weighted by atomic mass is 10.3. The van der Waals surface area contributed by atoms with Crippen molar-refractivity contribution >= 4 is 10.1 Å². The molecule has 1 rings (SSSR count). The Morgan fingerprint density at radius 2 is 1.69 bits per heavy atom. The monoisotopic (exact) mass is 254 g/mol. The van der Waals surface area contributed by atoms with E-state index >= 15 is 0 Å². The highest BCUT2D eigenvalue weighted by Crippen LogP contribution is 2.27. The van der Waals surface area contributed by atoms with Gasteiger partial charge in [0.25, 0.3) is 10.1 Å². The molecule has 0 bridgehead atoms. The van der Waals surface area contributed by atoms with Gasteiger partial charge in [0.2, 0.25) is 0 Å². The molecule has 0 heterocycles. The minimum absolute atomic E-state index is 0. The summed E-state index contributed by atoms with van der Waals surface area (Å²) in [7, 11) is -1.57. The lowest BCUT2D eigenvalue weighted by molar-refractivity contribution is 0.388. The van der Waals surface area contributed by atoms with Gasteiger partial charge in [0.1, 0.15) is 16.4 Å². The van der Waals surface area contributed by atoms with Crippen molar-refractivity contribution in [3.05, 3.63) is 18.2 Å². The lowest BCUT2D eigenvalue weighted by Crippen LogP contribution is -2.01. The standard InChI is InChI=1S/C8H10O5S.2H2O/c1-12-6-3-4-7(13-2)8(5-6)14(9,10)11;;/h3-5H,1-2H3,(H,9,10,11);2*1H2. The lowest BCUT2D eigenvalue weighted by Gasteiger charge is -2.07. The summed E-state index contributed by atoms with van der Waals surface area (Å²) < 4.78 is 40.3. The largest absolute Gasteiger partial charge is 0.497 e. The minimum atomic E-state index is -4.28. The molecule has 0 aromatic heterocycles. The van der Waals surface area contributed by atoms with Gasteiger partial charge in [-0.2, -0.15) is 8.42 Å². The first-order valence-corrected chi connectivity index (χ1v) is 5.12. The van der Waals surface area contributed by atoms with Crippen LogP contribution in [0.15, 0.2) is 23.1 Å². The Morgan fingerprint density at radius 1 is 1.12 bits per heavy atom. The third-order valence-corrected chi connectivity index (χ3v) is 2.52. The van der Waals surface area contributed by atoms with E-state index in [1.165, 1.54) is 32.4 Å². The molecule has 7 nitrogen and oxygen atoms in total. The first-order valence-electron chi connectivity index (χ1n) is 3.68. The van der Waals surface area contributed by atoms with Crippen LogP contribution in [0.25, 0.3) is 0 Å². The Morgan fingerprint density at radius 3 is 2.06 bits per heavy atom. The maximum absolute atomic E-state index is 10.9. The van der Waals surface area contributed by atoms with Gasteiger partial charge in [0.05, 0.1) is 14.2 Å². The van der Waals surface area contributed by atoms with Crippen LogP contribution in [0.3, 0.4) is 0 Å². The highest BCUT2D eigenvalue weighted by Gasteiger charge is 2.17. The van der Waals surface area contributed by atoms with Crippen molar-refractivity contribution in [3.8, 4) is 11.5 Å². The Balaban J connectivity index is 0. The highest BCUT2D eigenvalue weighted by atomic mass is 32.2. The molecule has 0 saturated carbocycles. The quantitative estimate of drug-likeness (QED) is 0.711. The molecule has 94 valence electrons. The number of hydrogen-bond donors (Lipinski definition) is 1. The predicted molar refractivity (Wildman–Crippen MR) is 56.6 cm³/mol. The summed E-state index contributed by atoms with van der Waals surface area (Å²) in [5, 5.41) is 0. The molecule has 0 aliphatic rings. The van der Waals surface area contributed by atoms with Gasteiger partial charge in [-0.1, -0.05) is 0 Å². The van der Waals surface area contributed by atoms with Crippen molar-refractivity contribution < 1.29 is 33.4 Å². The van der Waals surface area contributed by atoms with Crippen LogP contribution in [0.5, 0.6) is 11.5 Å². The van der Waals surface area contributed by atoms with Gasteiger partial charge in [0.15, 0.2) is 0 Å². The van der Waals surface area contributed by atoms with Gasteiger partial charge in [-0.25, -0.2) is 0 Å². The van der Waals surface area contributed by atoms with E-state index in [2.05, 4.69) is 0 Å². The number of hydrogen-bond acceptors (Lipinski definition) is 4.